The van der Waals surface area contributed by atoms with Crippen molar-refractivity contribution in [1.29, 1.82) is 0 Å². The molecule has 2 amide bonds. The van der Waals surface area contributed by atoms with Gasteiger partial charge in [-0.15, -0.1) is 0 Å². The van der Waals surface area contributed by atoms with Crippen LogP contribution in [-0.2, 0) is 11.2 Å². The monoisotopic (exact) mass is 438 g/mol. The van der Waals surface area contributed by atoms with Crippen LogP contribution in [0, 0.1) is 17.8 Å². The van der Waals surface area contributed by atoms with Gasteiger partial charge in [-0.25, -0.2) is 0 Å². The van der Waals surface area contributed by atoms with Crippen molar-refractivity contribution >= 4 is 11.8 Å². The molecule has 3 fully saturated rings. The van der Waals surface area contributed by atoms with Gasteiger partial charge in [-0.2, -0.15) is 0 Å². The van der Waals surface area contributed by atoms with Crippen molar-refractivity contribution in [2.75, 3.05) is 7.11 Å². The van der Waals surface area contributed by atoms with Crippen molar-refractivity contribution in [3.63, 3.8) is 0 Å². The zero-order valence-electron chi connectivity index (χ0n) is 18.6. The molecule has 0 radical (unpaired) electrons. The highest BCUT2D eigenvalue weighted by Gasteiger charge is 2.57. The summed E-state index contributed by atoms with van der Waals surface area (Å²) >= 11 is 0. The molecule has 3 saturated carbocycles. The van der Waals surface area contributed by atoms with Crippen LogP contribution in [0.25, 0.3) is 0 Å². The fourth-order valence-electron chi connectivity index (χ4n) is 5.68. The Bertz CT molecular complexity index is 1000. The van der Waals surface area contributed by atoms with E-state index in [0.29, 0.717) is 23.5 Å². The minimum atomic E-state index is -0.735. The van der Waals surface area contributed by atoms with Crippen molar-refractivity contribution in [2.24, 2.45) is 17.8 Å². The Morgan fingerprint density at radius 3 is 2.94 bits per heavy atom. The lowest BCUT2D eigenvalue weighted by molar-refractivity contribution is -0.147. The summed E-state index contributed by atoms with van der Waals surface area (Å²) < 4.78 is 17.1. The summed E-state index contributed by atoms with van der Waals surface area (Å²) in [5.41, 5.74) is -0.210. The molecule has 1 aliphatic heterocycles. The third-order valence-electron chi connectivity index (χ3n) is 7.40. The van der Waals surface area contributed by atoms with Crippen molar-refractivity contribution in [3.05, 3.63) is 47.9 Å². The first-order chi connectivity index (χ1) is 15.5. The minimum absolute atomic E-state index is 0.0438. The van der Waals surface area contributed by atoms with Gasteiger partial charge >= 0.3 is 0 Å². The summed E-state index contributed by atoms with van der Waals surface area (Å²) in [7, 11) is 1.60. The smallest absolute Gasteiger partial charge is 0.258 e. The maximum absolute atomic E-state index is 13.1. The summed E-state index contributed by atoms with van der Waals surface area (Å²) in [6.07, 6.45) is 6.62. The quantitative estimate of drug-likeness (QED) is 0.718. The molecule has 5 atom stereocenters. The Kier molecular flexibility index (Phi) is 5.35. The van der Waals surface area contributed by atoms with E-state index in [2.05, 4.69) is 10.6 Å². The lowest BCUT2D eigenvalue weighted by Crippen LogP contribution is -2.67. The number of carbonyl (C=O) groups excluding carboxylic acids is 2. The summed E-state index contributed by atoms with van der Waals surface area (Å²) in [6.45, 7) is 2.04. The fourth-order valence-corrected chi connectivity index (χ4v) is 5.68. The predicted molar refractivity (Wildman–Crippen MR) is 117 cm³/mol. The molecule has 170 valence electrons. The topological polar surface area (TPSA) is 89.8 Å². The molecule has 2 N–H and O–H groups in total. The molecule has 3 aliphatic carbocycles. The SMILES string of the molecule is COc1ccc2c(c1)OC1(CC3CCC1CC3C(=O)NC(C)CCc1ccco1)NC2=O. The summed E-state index contributed by atoms with van der Waals surface area (Å²) in [6, 6.07) is 9.20. The molecule has 6 rings (SSSR count). The lowest BCUT2D eigenvalue weighted by Gasteiger charge is -2.55. The van der Waals surface area contributed by atoms with Crippen LogP contribution in [0.4, 0.5) is 0 Å². The van der Waals surface area contributed by atoms with Gasteiger partial charge in [0.2, 0.25) is 5.91 Å². The van der Waals surface area contributed by atoms with Gasteiger partial charge < -0.3 is 24.5 Å². The Labute approximate surface area is 187 Å². The standard InChI is InChI=1S/C25H30N2O5/c1-15(5-8-18-4-3-11-31-18)26-23(28)21-12-17-7-6-16(21)14-25(17)27-24(29)20-10-9-19(30-2)13-22(20)32-25/h3-4,9-11,13,15-17,21H,5-8,12,14H2,1-2H3,(H,26,28)(H,27,29). The van der Waals surface area contributed by atoms with E-state index in [4.69, 9.17) is 13.9 Å². The summed E-state index contributed by atoms with van der Waals surface area (Å²) in [5, 5.41) is 6.35. The maximum atomic E-state index is 13.1. The first-order valence-corrected chi connectivity index (χ1v) is 11.5. The zero-order chi connectivity index (χ0) is 22.3. The number of methoxy groups -OCH3 is 1. The van der Waals surface area contributed by atoms with Crippen LogP contribution >= 0.6 is 0 Å². The van der Waals surface area contributed by atoms with E-state index in [1.165, 1.54) is 0 Å². The minimum Gasteiger partial charge on any atom is -0.497 e. The van der Waals surface area contributed by atoms with Gasteiger partial charge in [0, 0.05) is 36.8 Å². The van der Waals surface area contributed by atoms with Gasteiger partial charge in [-0.3, -0.25) is 9.59 Å². The first kappa shape index (κ1) is 20.9. The molecular formula is C25H30N2O5. The maximum Gasteiger partial charge on any atom is 0.258 e. The van der Waals surface area contributed by atoms with Gasteiger partial charge in [-0.05, 0) is 62.8 Å². The number of benzene rings is 1. The van der Waals surface area contributed by atoms with E-state index in [1.54, 1.807) is 31.6 Å². The van der Waals surface area contributed by atoms with Gasteiger partial charge in [-0.1, -0.05) is 0 Å². The highest BCUT2D eigenvalue weighted by atomic mass is 16.5. The van der Waals surface area contributed by atoms with Crippen LogP contribution in [-0.4, -0.2) is 30.7 Å². The number of rotatable bonds is 6. The number of hydrogen-bond acceptors (Lipinski definition) is 5. The zero-order valence-corrected chi connectivity index (χ0v) is 18.6. The normalized spacial score (nSPS) is 29.1. The largest absolute Gasteiger partial charge is 0.497 e. The van der Waals surface area contributed by atoms with E-state index in [1.807, 2.05) is 19.1 Å². The second-order valence-electron chi connectivity index (χ2n) is 9.42. The van der Waals surface area contributed by atoms with Crippen LogP contribution in [0.15, 0.2) is 41.0 Å². The molecule has 2 heterocycles. The number of hydrogen-bond donors (Lipinski definition) is 2. The Morgan fingerprint density at radius 2 is 2.22 bits per heavy atom. The average Bonchev–Trinajstić information content (AvgIpc) is 3.31. The van der Waals surface area contributed by atoms with Crippen LogP contribution in [0.5, 0.6) is 11.5 Å². The van der Waals surface area contributed by atoms with Gasteiger partial charge in [0.25, 0.3) is 5.91 Å². The molecule has 2 aromatic rings. The lowest BCUT2D eigenvalue weighted by atomic mass is 9.60. The van der Waals surface area contributed by atoms with E-state index >= 15 is 0 Å². The summed E-state index contributed by atoms with van der Waals surface area (Å²) in [4.78, 5) is 25.9. The molecule has 4 aliphatic rings. The Balaban J connectivity index is 1.25. The van der Waals surface area contributed by atoms with Crippen LogP contribution in [0.2, 0.25) is 0 Å². The van der Waals surface area contributed by atoms with Crippen molar-refractivity contribution in [3.8, 4) is 11.5 Å². The van der Waals surface area contributed by atoms with Crippen LogP contribution in [0.3, 0.4) is 0 Å². The fraction of sp³-hybridized carbons (Fsp3) is 0.520. The second kappa shape index (κ2) is 8.19. The predicted octanol–water partition coefficient (Wildman–Crippen LogP) is 3.68. The Hall–Kier alpha value is -2.96. The van der Waals surface area contributed by atoms with E-state index in [-0.39, 0.29) is 35.6 Å². The van der Waals surface area contributed by atoms with E-state index in [9.17, 15) is 9.59 Å². The molecular weight excluding hydrogens is 408 g/mol. The molecule has 2 bridgehead atoms. The number of furan rings is 1. The second-order valence-corrected chi connectivity index (χ2v) is 9.42. The number of nitrogens with one attached hydrogen (secondary N) is 2. The van der Waals surface area contributed by atoms with Crippen molar-refractivity contribution in [1.82, 2.24) is 10.6 Å². The highest BCUT2D eigenvalue weighted by Crippen LogP contribution is 2.52. The van der Waals surface area contributed by atoms with Gasteiger partial charge in [0.05, 0.1) is 18.9 Å². The third kappa shape index (κ3) is 3.74. The van der Waals surface area contributed by atoms with E-state index < -0.39 is 5.72 Å². The molecule has 1 aromatic carbocycles. The molecule has 1 spiro atoms. The number of carbonyl (C=O) groups is 2. The molecule has 5 unspecified atom stereocenters. The van der Waals surface area contributed by atoms with Crippen molar-refractivity contribution in [2.45, 2.75) is 57.2 Å². The number of ether oxygens (including phenoxy) is 2. The Morgan fingerprint density at radius 1 is 1.34 bits per heavy atom. The van der Waals surface area contributed by atoms with Gasteiger partial charge in [0.15, 0.2) is 5.72 Å². The number of fused-ring (bicyclic) bond motifs is 3. The van der Waals surface area contributed by atoms with Gasteiger partial charge in [0.1, 0.15) is 17.3 Å². The van der Waals surface area contributed by atoms with Crippen molar-refractivity contribution < 1.29 is 23.5 Å². The highest BCUT2D eigenvalue weighted by molar-refractivity contribution is 5.98. The summed E-state index contributed by atoms with van der Waals surface area (Å²) in [5.74, 6) is 2.41. The van der Waals surface area contributed by atoms with Crippen LogP contribution in [0.1, 0.15) is 55.1 Å². The first-order valence-electron chi connectivity index (χ1n) is 11.5. The molecule has 7 heteroatoms. The molecule has 0 saturated heterocycles. The molecule has 7 nitrogen and oxygen atoms in total. The van der Waals surface area contributed by atoms with Crippen LogP contribution < -0.4 is 20.1 Å². The third-order valence-corrected chi connectivity index (χ3v) is 7.40. The number of amides is 2. The van der Waals surface area contributed by atoms with E-state index in [0.717, 1.165) is 37.9 Å². The molecule has 1 aromatic heterocycles. The number of aryl methyl sites for hydroxylation is 1. The average molecular weight is 439 g/mol. The molecule has 32 heavy (non-hydrogen) atoms.